The first-order chi connectivity index (χ1) is 14.0. The molecule has 0 aliphatic carbocycles. The Morgan fingerprint density at radius 1 is 1.10 bits per heavy atom. The second-order valence-electron chi connectivity index (χ2n) is 6.33. The molecule has 3 aromatic rings. The highest BCUT2D eigenvalue weighted by Gasteiger charge is 2.14. The summed E-state index contributed by atoms with van der Waals surface area (Å²) in [4.78, 5) is 11.9. The number of pyridine rings is 1. The number of hydrogen-bond donors (Lipinski definition) is 3. The van der Waals surface area contributed by atoms with E-state index in [0.717, 1.165) is 11.1 Å². The second kappa shape index (κ2) is 7.87. The van der Waals surface area contributed by atoms with Crippen molar-refractivity contribution in [3.8, 4) is 11.5 Å². The number of carbonyl (C=O) groups is 1. The molecule has 3 N–H and O–H groups in total. The smallest absolute Gasteiger partial charge is 0.315 e. The van der Waals surface area contributed by atoms with Gasteiger partial charge < -0.3 is 20.1 Å². The van der Waals surface area contributed by atoms with Crippen LogP contribution in [0.5, 0.6) is 11.5 Å². The van der Waals surface area contributed by atoms with Crippen LogP contribution in [0.1, 0.15) is 5.56 Å². The SMILES string of the molecule is O=C(NCCS(=O)(=O)Nc1ccn2nccc2c1)NCc1ccc2c(c1)OCO2. The van der Waals surface area contributed by atoms with Crippen molar-refractivity contribution >= 4 is 27.3 Å². The van der Waals surface area contributed by atoms with Crippen molar-refractivity contribution < 1.29 is 22.7 Å². The number of sulfonamides is 1. The maximum atomic E-state index is 12.2. The van der Waals surface area contributed by atoms with Gasteiger partial charge in [-0.3, -0.25) is 4.72 Å². The Balaban J connectivity index is 1.22. The molecule has 2 amide bonds. The molecular weight excluding hydrogens is 398 g/mol. The monoisotopic (exact) mass is 417 g/mol. The minimum atomic E-state index is -3.61. The number of anilines is 1. The third-order valence-electron chi connectivity index (χ3n) is 4.22. The fourth-order valence-electron chi connectivity index (χ4n) is 2.81. The van der Waals surface area contributed by atoms with Gasteiger partial charge in [0, 0.05) is 25.5 Å². The zero-order chi connectivity index (χ0) is 20.3. The van der Waals surface area contributed by atoms with Crippen LogP contribution in [0.25, 0.3) is 5.52 Å². The van der Waals surface area contributed by atoms with E-state index in [0.29, 0.717) is 17.2 Å². The van der Waals surface area contributed by atoms with Crippen molar-refractivity contribution in [3.05, 3.63) is 54.4 Å². The lowest BCUT2D eigenvalue weighted by Crippen LogP contribution is -2.38. The molecule has 11 heteroatoms. The summed E-state index contributed by atoms with van der Waals surface area (Å²) in [7, 11) is -3.61. The van der Waals surface area contributed by atoms with Crippen molar-refractivity contribution in [3.63, 3.8) is 0 Å². The average Bonchev–Trinajstić information content (AvgIpc) is 3.34. The van der Waals surface area contributed by atoms with Gasteiger partial charge in [0.2, 0.25) is 16.8 Å². The molecule has 0 radical (unpaired) electrons. The quantitative estimate of drug-likeness (QED) is 0.533. The van der Waals surface area contributed by atoms with Gasteiger partial charge in [-0.25, -0.2) is 17.7 Å². The number of nitrogens with zero attached hydrogens (tertiary/aromatic N) is 2. The zero-order valence-corrected chi connectivity index (χ0v) is 16.1. The van der Waals surface area contributed by atoms with Crippen LogP contribution in [0.2, 0.25) is 0 Å². The number of benzene rings is 1. The maximum Gasteiger partial charge on any atom is 0.315 e. The molecule has 2 aromatic heterocycles. The molecule has 4 rings (SSSR count). The molecule has 1 aromatic carbocycles. The number of carbonyl (C=O) groups excluding carboxylic acids is 1. The van der Waals surface area contributed by atoms with Gasteiger partial charge in [0.1, 0.15) is 0 Å². The molecule has 3 heterocycles. The Bertz CT molecular complexity index is 1140. The summed E-state index contributed by atoms with van der Waals surface area (Å²) in [6, 6.07) is 9.98. The van der Waals surface area contributed by atoms with Crippen molar-refractivity contribution in [2.75, 3.05) is 23.8 Å². The van der Waals surface area contributed by atoms with Gasteiger partial charge >= 0.3 is 6.03 Å². The molecule has 1 aliphatic heterocycles. The minimum Gasteiger partial charge on any atom is -0.454 e. The average molecular weight is 417 g/mol. The Morgan fingerprint density at radius 3 is 2.86 bits per heavy atom. The molecule has 0 saturated carbocycles. The molecular formula is C18H19N5O5S. The lowest BCUT2D eigenvalue weighted by Gasteiger charge is -2.10. The van der Waals surface area contributed by atoms with E-state index in [1.165, 1.54) is 0 Å². The lowest BCUT2D eigenvalue weighted by molar-refractivity contribution is 0.174. The number of rotatable bonds is 7. The Morgan fingerprint density at radius 2 is 1.97 bits per heavy atom. The van der Waals surface area contributed by atoms with Crippen LogP contribution >= 0.6 is 0 Å². The first-order valence-corrected chi connectivity index (χ1v) is 10.5. The number of hydrogen-bond acceptors (Lipinski definition) is 6. The van der Waals surface area contributed by atoms with Crippen LogP contribution in [0, 0.1) is 0 Å². The van der Waals surface area contributed by atoms with Crippen LogP contribution in [-0.4, -0.2) is 43.2 Å². The van der Waals surface area contributed by atoms with Gasteiger partial charge in [-0.15, -0.1) is 0 Å². The lowest BCUT2D eigenvalue weighted by atomic mass is 10.2. The molecule has 29 heavy (non-hydrogen) atoms. The molecule has 1 aliphatic rings. The largest absolute Gasteiger partial charge is 0.454 e. The first-order valence-electron chi connectivity index (χ1n) is 8.83. The highest BCUT2D eigenvalue weighted by molar-refractivity contribution is 7.92. The van der Waals surface area contributed by atoms with Crippen molar-refractivity contribution in [2.24, 2.45) is 0 Å². The van der Waals surface area contributed by atoms with E-state index in [-0.39, 0.29) is 25.6 Å². The van der Waals surface area contributed by atoms with E-state index < -0.39 is 16.1 Å². The van der Waals surface area contributed by atoms with Crippen LogP contribution in [0.3, 0.4) is 0 Å². The summed E-state index contributed by atoms with van der Waals surface area (Å²) in [6.07, 6.45) is 3.29. The second-order valence-corrected chi connectivity index (χ2v) is 8.18. The van der Waals surface area contributed by atoms with Gasteiger partial charge in [-0.1, -0.05) is 6.07 Å². The third kappa shape index (κ3) is 4.69. The summed E-state index contributed by atoms with van der Waals surface area (Å²) < 4.78 is 39.1. The summed E-state index contributed by atoms with van der Waals surface area (Å²) in [5.41, 5.74) is 2.05. The number of ether oxygens (including phenoxy) is 2. The number of aromatic nitrogens is 2. The molecule has 10 nitrogen and oxygen atoms in total. The molecule has 152 valence electrons. The van der Waals surface area contributed by atoms with Gasteiger partial charge in [0.05, 0.1) is 17.0 Å². The summed E-state index contributed by atoms with van der Waals surface area (Å²) in [5.74, 6) is 1.05. The summed E-state index contributed by atoms with van der Waals surface area (Å²) >= 11 is 0. The molecule has 0 spiro atoms. The highest BCUT2D eigenvalue weighted by atomic mass is 32.2. The van der Waals surface area contributed by atoms with Crippen LogP contribution in [0.15, 0.2) is 48.8 Å². The number of amides is 2. The van der Waals surface area contributed by atoms with E-state index in [2.05, 4.69) is 20.5 Å². The van der Waals surface area contributed by atoms with E-state index in [4.69, 9.17) is 9.47 Å². The normalized spacial score (nSPS) is 12.7. The summed E-state index contributed by atoms with van der Waals surface area (Å²) in [6.45, 7) is 0.432. The highest BCUT2D eigenvalue weighted by Crippen LogP contribution is 2.32. The van der Waals surface area contributed by atoms with Crippen molar-refractivity contribution in [1.82, 2.24) is 20.2 Å². The molecule has 0 unspecified atom stereocenters. The fourth-order valence-corrected chi connectivity index (χ4v) is 3.77. The molecule has 0 atom stereocenters. The predicted molar refractivity (Wildman–Crippen MR) is 105 cm³/mol. The van der Waals surface area contributed by atoms with E-state index in [1.807, 2.05) is 6.07 Å². The summed E-state index contributed by atoms with van der Waals surface area (Å²) in [5, 5.41) is 9.26. The number of fused-ring (bicyclic) bond motifs is 2. The van der Waals surface area contributed by atoms with E-state index in [1.54, 1.807) is 47.2 Å². The Hall–Kier alpha value is -3.47. The first kappa shape index (κ1) is 18.9. The fraction of sp³-hybridized carbons (Fsp3) is 0.222. The minimum absolute atomic E-state index is 0.0305. The standard InChI is InChI=1S/C18H19N5O5S/c24-18(20-11-13-1-2-16-17(9-13)28-12-27-16)19-6-8-29(25,26)22-14-4-7-23-15(10-14)3-5-21-23/h1-5,7,9-10,22H,6,8,11-12H2,(H2,19,20,24). The molecule has 0 saturated heterocycles. The van der Waals surface area contributed by atoms with Crippen LogP contribution in [-0.2, 0) is 16.6 Å². The Kier molecular flexibility index (Phi) is 5.12. The van der Waals surface area contributed by atoms with Crippen LogP contribution in [0.4, 0.5) is 10.5 Å². The molecule has 0 bridgehead atoms. The van der Waals surface area contributed by atoms with Gasteiger partial charge in [0.25, 0.3) is 0 Å². The van der Waals surface area contributed by atoms with Gasteiger partial charge in [-0.05, 0) is 35.9 Å². The molecule has 0 fully saturated rings. The van der Waals surface area contributed by atoms with E-state index >= 15 is 0 Å². The van der Waals surface area contributed by atoms with Crippen molar-refractivity contribution in [1.29, 1.82) is 0 Å². The number of urea groups is 1. The van der Waals surface area contributed by atoms with Gasteiger partial charge in [-0.2, -0.15) is 5.10 Å². The van der Waals surface area contributed by atoms with E-state index in [9.17, 15) is 13.2 Å². The van der Waals surface area contributed by atoms with Gasteiger partial charge in [0.15, 0.2) is 11.5 Å². The predicted octanol–water partition coefficient (Wildman–Crippen LogP) is 1.30. The Labute approximate surface area is 166 Å². The van der Waals surface area contributed by atoms with Crippen molar-refractivity contribution in [2.45, 2.75) is 6.54 Å². The zero-order valence-electron chi connectivity index (χ0n) is 15.3. The van der Waals surface area contributed by atoms with Crippen LogP contribution < -0.4 is 24.8 Å². The topological polar surface area (TPSA) is 123 Å². The number of nitrogens with one attached hydrogen (secondary N) is 3. The third-order valence-corrected chi connectivity index (χ3v) is 5.51. The maximum absolute atomic E-state index is 12.2.